The van der Waals surface area contributed by atoms with Crippen LogP contribution >= 0.6 is 22.9 Å². The van der Waals surface area contributed by atoms with Gasteiger partial charge in [-0.1, -0.05) is 11.3 Å². The van der Waals surface area contributed by atoms with Crippen molar-refractivity contribution in [3.63, 3.8) is 0 Å². The number of hydrogen-bond donors (Lipinski definition) is 0. The van der Waals surface area contributed by atoms with E-state index in [2.05, 4.69) is 15.2 Å². The maximum atomic E-state index is 12.4. The average Bonchev–Trinajstić information content (AvgIpc) is 2.53. The Morgan fingerprint density at radius 1 is 1.31 bits per heavy atom. The van der Waals surface area contributed by atoms with Crippen molar-refractivity contribution >= 4 is 22.9 Å². The molecule has 0 radical (unpaired) electrons. The van der Waals surface area contributed by atoms with Crippen molar-refractivity contribution in [2.24, 2.45) is 0 Å². The molecule has 2 aromatic heterocycles. The van der Waals surface area contributed by atoms with Crippen LogP contribution in [0.15, 0.2) is 18.3 Å². The normalized spacial score (nSPS) is 10.3. The summed E-state index contributed by atoms with van der Waals surface area (Å²) in [6, 6.07) is 2.85. The second-order valence-corrected chi connectivity index (χ2v) is 3.79. The Bertz CT molecular complexity index is 414. The number of nitrogens with zero attached hydrogens (tertiary/aromatic N) is 3. The first-order chi connectivity index (χ1) is 6.25. The highest BCUT2D eigenvalue weighted by molar-refractivity contribution is 7.18. The standard InChI is InChI=1S/C7H3ClFN3S/c8-7-12-11-6(13-7)4-1-2-5(9)10-3-4/h1-3H. The van der Waals surface area contributed by atoms with E-state index in [1.807, 2.05) is 0 Å². The predicted molar refractivity (Wildman–Crippen MR) is 48.1 cm³/mol. The van der Waals surface area contributed by atoms with Crippen LogP contribution < -0.4 is 0 Å². The lowest BCUT2D eigenvalue weighted by Crippen LogP contribution is -1.82. The van der Waals surface area contributed by atoms with Gasteiger partial charge in [0.2, 0.25) is 10.4 Å². The quantitative estimate of drug-likeness (QED) is 0.686. The molecule has 0 aliphatic rings. The smallest absolute Gasteiger partial charge is 0.212 e. The van der Waals surface area contributed by atoms with Gasteiger partial charge in [-0.15, -0.1) is 10.2 Å². The Labute approximate surface area is 82.2 Å². The van der Waals surface area contributed by atoms with E-state index in [4.69, 9.17) is 11.6 Å². The van der Waals surface area contributed by atoms with E-state index in [0.29, 0.717) is 15.0 Å². The fraction of sp³-hybridized carbons (Fsp3) is 0. The molecule has 0 saturated heterocycles. The molecule has 0 fully saturated rings. The van der Waals surface area contributed by atoms with Crippen molar-refractivity contribution in [3.8, 4) is 10.6 Å². The topological polar surface area (TPSA) is 38.7 Å². The van der Waals surface area contributed by atoms with Crippen LogP contribution in [0.3, 0.4) is 0 Å². The van der Waals surface area contributed by atoms with Gasteiger partial charge >= 0.3 is 0 Å². The monoisotopic (exact) mass is 215 g/mol. The first-order valence-electron chi connectivity index (χ1n) is 3.36. The van der Waals surface area contributed by atoms with Gasteiger partial charge < -0.3 is 0 Å². The maximum Gasteiger partial charge on any atom is 0.212 e. The SMILES string of the molecule is Fc1ccc(-c2nnc(Cl)s2)cn1. The molecule has 0 aliphatic carbocycles. The molecule has 0 bridgehead atoms. The van der Waals surface area contributed by atoms with Crippen LogP contribution in [0.1, 0.15) is 0 Å². The molecule has 13 heavy (non-hydrogen) atoms. The largest absolute Gasteiger partial charge is 0.228 e. The van der Waals surface area contributed by atoms with E-state index in [9.17, 15) is 4.39 Å². The summed E-state index contributed by atoms with van der Waals surface area (Å²) in [5.41, 5.74) is 0.714. The fourth-order valence-electron chi connectivity index (χ4n) is 0.824. The van der Waals surface area contributed by atoms with Crippen LogP contribution in [0.4, 0.5) is 4.39 Å². The zero-order valence-corrected chi connectivity index (χ0v) is 7.81. The molecule has 3 nitrogen and oxygen atoms in total. The van der Waals surface area contributed by atoms with E-state index < -0.39 is 5.95 Å². The van der Waals surface area contributed by atoms with Gasteiger partial charge in [0.05, 0.1) is 0 Å². The van der Waals surface area contributed by atoms with E-state index >= 15 is 0 Å². The van der Waals surface area contributed by atoms with Crippen LogP contribution in [0, 0.1) is 5.95 Å². The van der Waals surface area contributed by atoms with E-state index in [1.165, 1.54) is 23.6 Å². The summed E-state index contributed by atoms with van der Waals surface area (Å²) in [4.78, 5) is 3.49. The Hall–Kier alpha value is -1.07. The van der Waals surface area contributed by atoms with Gasteiger partial charge in [0.25, 0.3) is 0 Å². The minimum atomic E-state index is -0.514. The van der Waals surface area contributed by atoms with Gasteiger partial charge in [-0.2, -0.15) is 4.39 Å². The van der Waals surface area contributed by atoms with Gasteiger partial charge in [-0.05, 0) is 23.7 Å². The molecular formula is C7H3ClFN3S. The molecular weight excluding hydrogens is 213 g/mol. The maximum absolute atomic E-state index is 12.4. The number of rotatable bonds is 1. The highest BCUT2D eigenvalue weighted by Crippen LogP contribution is 2.24. The predicted octanol–water partition coefficient (Wildman–Crippen LogP) is 2.39. The third-order valence-corrected chi connectivity index (χ3v) is 2.44. The van der Waals surface area contributed by atoms with E-state index in [1.54, 1.807) is 6.07 Å². The summed E-state index contributed by atoms with van der Waals surface area (Å²) in [7, 11) is 0. The number of halogens is 2. The molecule has 0 aliphatic heterocycles. The van der Waals surface area contributed by atoms with Crippen molar-refractivity contribution in [2.75, 3.05) is 0 Å². The molecule has 0 unspecified atom stereocenters. The Kier molecular flexibility index (Phi) is 2.20. The van der Waals surface area contributed by atoms with Crippen LogP contribution in [0.5, 0.6) is 0 Å². The molecule has 2 aromatic rings. The zero-order valence-electron chi connectivity index (χ0n) is 6.24. The summed E-state index contributed by atoms with van der Waals surface area (Å²) in [6.07, 6.45) is 1.40. The Morgan fingerprint density at radius 2 is 2.15 bits per heavy atom. The minimum absolute atomic E-state index is 0.360. The molecule has 6 heteroatoms. The fourth-order valence-corrected chi connectivity index (χ4v) is 1.64. The number of pyridine rings is 1. The molecule has 0 aromatic carbocycles. The van der Waals surface area contributed by atoms with Gasteiger partial charge in [0.1, 0.15) is 5.01 Å². The van der Waals surface area contributed by atoms with Crippen molar-refractivity contribution in [2.45, 2.75) is 0 Å². The summed E-state index contributed by atoms with van der Waals surface area (Å²) in [5.74, 6) is -0.514. The number of aromatic nitrogens is 3. The second-order valence-electron chi connectivity index (χ2n) is 2.23. The van der Waals surface area contributed by atoms with E-state index in [-0.39, 0.29) is 0 Å². The average molecular weight is 216 g/mol. The Morgan fingerprint density at radius 3 is 2.69 bits per heavy atom. The van der Waals surface area contributed by atoms with Gasteiger partial charge in [0.15, 0.2) is 0 Å². The minimum Gasteiger partial charge on any atom is -0.228 e. The summed E-state index contributed by atoms with van der Waals surface area (Å²) in [6.45, 7) is 0. The van der Waals surface area contributed by atoms with Crippen molar-refractivity contribution < 1.29 is 4.39 Å². The molecule has 0 spiro atoms. The highest BCUT2D eigenvalue weighted by atomic mass is 35.5. The molecule has 0 atom stereocenters. The lowest BCUT2D eigenvalue weighted by atomic mass is 10.3. The Balaban J connectivity index is 2.41. The highest BCUT2D eigenvalue weighted by Gasteiger charge is 2.04. The zero-order chi connectivity index (χ0) is 9.26. The van der Waals surface area contributed by atoms with Crippen molar-refractivity contribution in [1.29, 1.82) is 0 Å². The van der Waals surface area contributed by atoms with Crippen LogP contribution in [-0.4, -0.2) is 15.2 Å². The second kappa shape index (κ2) is 3.35. The summed E-state index contributed by atoms with van der Waals surface area (Å²) < 4.78 is 12.8. The van der Waals surface area contributed by atoms with Crippen LogP contribution in [0.2, 0.25) is 4.47 Å². The first kappa shape index (κ1) is 8.52. The van der Waals surface area contributed by atoms with Gasteiger partial charge in [-0.3, -0.25) is 0 Å². The van der Waals surface area contributed by atoms with Gasteiger partial charge in [0, 0.05) is 11.8 Å². The third-order valence-electron chi connectivity index (χ3n) is 1.37. The van der Waals surface area contributed by atoms with Gasteiger partial charge in [-0.25, -0.2) is 4.98 Å². The van der Waals surface area contributed by atoms with Crippen LogP contribution in [0.25, 0.3) is 10.6 Å². The molecule has 66 valence electrons. The van der Waals surface area contributed by atoms with E-state index in [0.717, 1.165) is 0 Å². The lowest BCUT2D eigenvalue weighted by Gasteiger charge is -1.91. The number of hydrogen-bond acceptors (Lipinski definition) is 4. The summed E-state index contributed by atoms with van der Waals surface area (Å²) in [5, 5.41) is 8.05. The lowest BCUT2D eigenvalue weighted by molar-refractivity contribution is 0.584. The van der Waals surface area contributed by atoms with Crippen molar-refractivity contribution in [1.82, 2.24) is 15.2 Å². The van der Waals surface area contributed by atoms with Crippen LogP contribution in [-0.2, 0) is 0 Å². The molecule has 2 rings (SSSR count). The van der Waals surface area contributed by atoms with Crippen molar-refractivity contribution in [3.05, 3.63) is 28.7 Å². The summed E-state index contributed by atoms with van der Waals surface area (Å²) >= 11 is 6.82. The molecule has 2 heterocycles. The molecule has 0 N–H and O–H groups in total. The first-order valence-corrected chi connectivity index (χ1v) is 4.56. The molecule has 0 amide bonds. The third kappa shape index (κ3) is 1.81. The molecule has 0 saturated carbocycles.